The summed E-state index contributed by atoms with van der Waals surface area (Å²) in [7, 11) is 0. The monoisotopic (exact) mass is 154 g/mol. The quantitative estimate of drug-likeness (QED) is 0.566. The minimum absolute atomic E-state index is 0.767. The second-order valence-corrected chi connectivity index (χ2v) is 3.21. The third kappa shape index (κ3) is 2.33. The predicted molar refractivity (Wildman–Crippen MR) is 47.5 cm³/mol. The van der Waals surface area contributed by atoms with Crippen LogP contribution < -0.4 is 0 Å². The first-order valence-corrected chi connectivity index (χ1v) is 4.62. The van der Waals surface area contributed by atoms with Crippen LogP contribution in [-0.4, -0.2) is 13.2 Å². The maximum absolute atomic E-state index is 5.16. The molecule has 0 aromatic carbocycles. The van der Waals surface area contributed by atoms with E-state index in [9.17, 15) is 0 Å². The Morgan fingerprint density at radius 2 is 2.18 bits per heavy atom. The second-order valence-electron chi connectivity index (χ2n) is 3.21. The molecule has 64 valence electrons. The topological polar surface area (TPSA) is 9.23 Å². The zero-order chi connectivity index (χ0) is 8.10. The SMILES string of the molecule is CC/C=C/[C@H](CC)C1COC1. The molecule has 0 radical (unpaired) electrons. The summed E-state index contributed by atoms with van der Waals surface area (Å²) in [6.45, 7) is 6.39. The summed E-state index contributed by atoms with van der Waals surface area (Å²) >= 11 is 0. The number of hydrogen-bond acceptors (Lipinski definition) is 1. The molecule has 11 heavy (non-hydrogen) atoms. The van der Waals surface area contributed by atoms with Crippen LogP contribution in [0, 0.1) is 11.8 Å². The Hall–Kier alpha value is -0.300. The van der Waals surface area contributed by atoms with Crippen LogP contribution in [0.1, 0.15) is 26.7 Å². The molecule has 1 heterocycles. The Bertz CT molecular complexity index is 125. The van der Waals surface area contributed by atoms with Crippen LogP contribution in [0.2, 0.25) is 0 Å². The highest BCUT2D eigenvalue weighted by Crippen LogP contribution is 2.24. The van der Waals surface area contributed by atoms with Crippen molar-refractivity contribution in [2.24, 2.45) is 11.8 Å². The average Bonchev–Trinajstić information content (AvgIpc) is 1.93. The van der Waals surface area contributed by atoms with Crippen molar-refractivity contribution >= 4 is 0 Å². The minimum atomic E-state index is 0.767. The first-order chi connectivity index (χ1) is 5.38. The second kappa shape index (κ2) is 4.55. The van der Waals surface area contributed by atoms with Crippen molar-refractivity contribution in [3.8, 4) is 0 Å². The Balaban J connectivity index is 2.29. The van der Waals surface area contributed by atoms with Crippen molar-refractivity contribution in [3.63, 3.8) is 0 Å². The van der Waals surface area contributed by atoms with E-state index >= 15 is 0 Å². The van der Waals surface area contributed by atoms with Crippen molar-refractivity contribution < 1.29 is 4.74 Å². The third-order valence-electron chi connectivity index (χ3n) is 2.36. The van der Waals surface area contributed by atoms with Gasteiger partial charge in [-0.05, 0) is 18.8 Å². The van der Waals surface area contributed by atoms with Gasteiger partial charge >= 0.3 is 0 Å². The Morgan fingerprint density at radius 1 is 1.45 bits per heavy atom. The van der Waals surface area contributed by atoms with E-state index in [1.54, 1.807) is 0 Å². The van der Waals surface area contributed by atoms with Gasteiger partial charge in [0.2, 0.25) is 0 Å². The van der Waals surface area contributed by atoms with E-state index in [4.69, 9.17) is 4.74 Å². The molecule has 0 unspecified atom stereocenters. The van der Waals surface area contributed by atoms with Gasteiger partial charge in [-0.25, -0.2) is 0 Å². The fourth-order valence-electron chi connectivity index (χ4n) is 1.44. The summed E-state index contributed by atoms with van der Waals surface area (Å²) in [4.78, 5) is 0. The van der Waals surface area contributed by atoms with Crippen LogP contribution in [0.25, 0.3) is 0 Å². The van der Waals surface area contributed by atoms with E-state index in [0.717, 1.165) is 31.5 Å². The number of hydrogen-bond donors (Lipinski definition) is 0. The summed E-state index contributed by atoms with van der Waals surface area (Å²) in [5, 5.41) is 0. The van der Waals surface area contributed by atoms with Crippen molar-refractivity contribution in [2.75, 3.05) is 13.2 Å². The van der Waals surface area contributed by atoms with E-state index in [1.807, 2.05) is 0 Å². The summed E-state index contributed by atoms with van der Waals surface area (Å²) < 4.78 is 5.16. The van der Waals surface area contributed by atoms with E-state index in [1.165, 1.54) is 6.42 Å². The normalized spacial score (nSPS) is 22.0. The maximum Gasteiger partial charge on any atom is 0.0522 e. The fraction of sp³-hybridized carbons (Fsp3) is 0.800. The minimum Gasteiger partial charge on any atom is -0.381 e. The van der Waals surface area contributed by atoms with Crippen molar-refractivity contribution in [2.45, 2.75) is 26.7 Å². The molecule has 1 saturated heterocycles. The lowest BCUT2D eigenvalue weighted by molar-refractivity contribution is -0.0519. The summed E-state index contributed by atoms with van der Waals surface area (Å²) in [6, 6.07) is 0. The molecular weight excluding hydrogens is 136 g/mol. The molecule has 1 fully saturated rings. The molecule has 0 N–H and O–H groups in total. The highest BCUT2D eigenvalue weighted by molar-refractivity contribution is 4.92. The van der Waals surface area contributed by atoms with Crippen LogP contribution in [0.5, 0.6) is 0 Å². The van der Waals surface area contributed by atoms with Gasteiger partial charge in [-0.3, -0.25) is 0 Å². The number of allylic oxidation sites excluding steroid dienone is 2. The molecule has 1 rings (SSSR count). The molecule has 0 spiro atoms. The molecule has 0 amide bonds. The Morgan fingerprint density at radius 3 is 2.55 bits per heavy atom. The van der Waals surface area contributed by atoms with Crippen molar-refractivity contribution in [1.29, 1.82) is 0 Å². The molecule has 0 aliphatic carbocycles. The molecule has 0 bridgehead atoms. The van der Waals surface area contributed by atoms with Crippen LogP contribution in [0.3, 0.4) is 0 Å². The zero-order valence-corrected chi connectivity index (χ0v) is 7.55. The van der Waals surface area contributed by atoms with Gasteiger partial charge in [0.1, 0.15) is 0 Å². The van der Waals surface area contributed by atoms with Crippen LogP contribution in [-0.2, 0) is 4.74 Å². The standard InChI is InChI=1S/C10H18O/c1-3-5-6-9(4-2)10-7-11-8-10/h5-6,9-10H,3-4,7-8H2,1-2H3/b6-5+/t9-/m0/s1. The smallest absolute Gasteiger partial charge is 0.0522 e. The molecule has 0 aromatic heterocycles. The molecule has 1 aliphatic heterocycles. The van der Waals surface area contributed by atoms with E-state index < -0.39 is 0 Å². The highest BCUT2D eigenvalue weighted by Gasteiger charge is 2.24. The number of rotatable bonds is 4. The lowest BCUT2D eigenvalue weighted by Gasteiger charge is -2.31. The molecule has 1 aliphatic rings. The van der Waals surface area contributed by atoms with Gasteiger partial charge < -0.3 is 4.74 Å². The molecule has 1 atom stereocenters. The van der Waals surface area contributed by atoms with Gasteiger partial charge in [0, 0.05) is 5.92 Å². The largest absolute Gasteiger partial charge is 0.381 e. The van der Waals surface area contributed by atoms with Gasteiger partial charge in [0.05, 0.1) is 13.2 Å². The van der Waals surface area contributed by atoms with Gasteiger partial charge in [-0.2, -0.15) is 0 Å². The predicted octanol–water partition coefficient (Wildman–Crippen LogP) is 2.63. The molecule has 0 aromatic rings. The zero-order valence-electron chi connectivity index (χ0n) is 7.55. The summed E-state index contributed by atoms with van der Waals surface area (Å²) in [5.74, 6) is 1.58. The van der Waals surface area contributed by atoms with Crippen LogP contribution in [0.15, 0.2) is 12.2 Å². The van der Waals surface area contributed by atoms with Gasteiger partial charge in [0.15, 0.2) is 0 Å². The average molecular weight is 154 g/mol. The van der Waals surface area contributed by atoms with Crippen molar-refractivity contribution in [3.05, 3.63) is 12.2 Å². The van der Waals surface area contributed by atoms with E-state index in [2.05, 4.69) is 26.0 Å². The van der Waals surface area contributed by atoms with Crippen LogP contribution in [0.4, 0.5) is 0 Å². The third-order valence-corrected chi connectivity index (χ3v) is 2.36. The number of ether oxygens (including phenoxy) is 1. The van der Waals surface area contributed by atoms with Crippen molar-refractivity contribution in [1.82, 2.24) is 0 Å². The van der Waals surface area contributed by atoms with E-state index in [0.29, 0.717) is 0 Å². The highest BCUT2D eigenvalue weighted by atomic mass is 16.5. The molecular formula is C10H18O. The summed E-state index contributed by atoms with van der Waals surface area (Å²) in [6.07, 6.45) is 7.04. The Kier molecular flexibility index (Phi) is 3.64. The molecule has 1 heteroatoms. The van der Waals surface area contributed by atoms with Gasteiger partial charge in [-0.1, -0.05) is 26.0 Å². The van der Waals surface area contributed by atoms with Gasteiger partial charge in [-0.15, -0.1) is 0 Å². The first-order valence-electron chi connectivity index (χ1n) is 4.62. The molecule has 0 saturated carbocycles. The molecule has 1 nitrogen and oxygen atoms in total. The lowest BCUT2D eigenvalue weighted by Crippen LogP contribution is -2.33. The lowest BCUT2D eigenvalue weighted by atomic mass is 9.88. The van der Waals surface area contributed by atoms with Crippen LogP contribution >= 0.6 is 0 Å². The Labute approximate surface area is 69.4 Å². The van der Waals surface area contributed by atoms with Gasteiger partial charge in [0.25, 0.3) is 0 Å². The van der Waals surface area contributed by atoms with E-state index in [-0.39, 0.29) is 0 Å². The fourth-order valence-corrected chi connectivity index (χ4v) is 1.44. The summed E-state index contributed by atoms with van der Waals surface area (Å²) in [5.41, 5.74) is 0. The maximum atomic E-state index is 5.16. The first kappa shape index (κ1) is 8.79.